The van der Waals surface area contributed by atoms with Gasteiger partial charge >= 0.3 is 0 Å². The molecule has 2 bridgehead atoms. The van der Waals surface area contributed by atoms with E-state index in [4.69, 9.17) is 4.74 Å². The molecule has 2 amide bonds. The van der Waals surface area contributed by atoms with E-state index in [1.807, 2.05) is 37.3 Å². The summed E-state index contributed by atoms with van der Waals surface area (Å²) in [6, 6.07) is 9.98. The number of carbonyl (C=O) groups excluding carboxylic acids is 2. The van der Waals surface area contributed by atoms with Gasteiger partial charge in [0.1, 0.15) is 29.6 Å². The van der Waals surface area contributed by atoms with E-state index in [-0.39, 0.29) is 41.6 Å². The van der Waals surface area contributed by atoms with E-state index in [1.54, 1.807) is 9.47 Å². The highest BCUT2D eigenvalue weighted by Crippen LogP contribution is 2.35. The lowest BCUT2D eigenvalue weighted by Gasteiger charge is -2.38. The molecule has 2 aliphatic heterocycles. The lowest BCUT2D eigenvalue weighted by atomic mass is 10.0. The number of ether oxygens (including phenoxy) is 1. The van der Waals surface area contributed by atoms with Crippen LogP contribution in [0.1, 0.15) is 70.6 Å². The van der Waals surface area contributed by atoms with Crippen molar-refractivity contribution in [1.82, 2.24) is 14.8 Å². The molecular formula is C29H28F3N3O4. The molecule has 1 aromatic heterocycles. The van der Waals surface area contributed by atoms with E-state index in [1.165, 1.54) is 6.20 Å². The molecule has 0 aliphatic carbocycles. The van der Waals surface area contributed by atoms with Crippen molar-refractivity contribution in [3.05, 3.63) is 98.7 Å². The van der Waals surface area contributed by atoms with Crippen molar-refractivity contribution >= 4 is 11.8 Å². The molecule has 10 heteroatoms. The molecule has 2 atom stereocenters. The van der Waals surface area contributed by atoms with Gasteiger partial charge in [-0.15, -0.1) is 0 Å². The van der Waals surface area contributed by atoms with E-state index in [0.29, 0.717) is 18.7 Å². The number of rotatable bonds is 7. The molecule has 3 aromatic rings. The van der Waals surface area contributed by atoms with Crippen LogP contribution in [0.5, 0.6) is 5.75 Å². The van der Waals surface area contributed by atoms with Crippen LogP contribution >= 0.6 is 0 Å². The zero-order valence-corrected chi connectivity index (χ0v) is 21.4. The Bertz CT molecular complexity index is 1450. The number of hydrogen-bond acceptors (Lipinski definition) is 4. The van der Waals surface area contributed by atoms with Gasteiger partial charge in [-0.2, -0.15) is 0 Å². The van der Waals surface area contributed by atoms with Crippen molar-refractivity contribution in [2.24, 2.45) is 0 Å². The zero-order valence-electron chi connectivity index (χ0n) is 21.4. The molecule has 2 aliphatic rings. The number of pyridine rings is 1. The molecule has 5 rings (SSSR count). The molecule has 1 saturated heterocycles. The third kappa shape index (κ3) is 5.15. The minimum absolute atomic E-state index is 0.00466. The van der Waals surface area contributed by atoms with Crippen LogP contribution in [0.3, 0.4) is 0 Å². The van der Waals surface area contributed by atoms with Gasteiger partial charge in [-0.05, 0) is 31.2 Å². The van der Waals surface area contributed by atoms with Crippen molar-refractivity contribution in [3.63, 3.8) is 0 Å². The minimum atomic E-state index is -1.16. The van der Waals surface area contributed by atoms with Gasteiger partial charge in [-0.1, -0.05) is 37.3 Å². The van der Waals surface area contributed by atoms with E-state index in [2.05, 4.69) is 5.32 Å². The molecule has 39 heavy (non-hydrogen) atoms. The molecule has 204 valence electrons. The topological polar surface area (TPSA) is 80.6 Å². The summed E-state index contributed by atoms with van der Waals surface area (Å²) in [5.74, 6) is -4.85. The average molecular weight is 540 g/mol. The standard InChI is InChI=1S/C29H28F3N3O4/c1-2-19-9-6-10-20-14-35(19)29(38)25-27(39-16-17-7-4-3-5-8-17)26(36)22(15-34(20)25)28(37)33-13-21-23(31)11-18(30)12-24(21)32/h3-5,7-8,11-12,15,19-20H,2,6,9-10,13-14,16H2,1H3,(H,33,37)/t19-,20+/m1/s1. The van der Waals surface area contributed by atoms with Crippen LogP contribution in [0.2, 0.25) is 0 Å². The maximum Gasteiger partial charge on any atom is 0.274 e. The maximum atomic E-state index is 14.1. The summed E-state index contributed by atoms with van der Waals surface area (Å²) in [6.07, 6.45) is 4.55. The molecule has 0 spiro atoms. The van der Waals surface area contributed by atoms with E-state index in [0.717, 1.165) is 31.2 Å². The number of aromatic nitrogens is 1. The molecule has 7 nitrogen and oxygen atoms in total. The first-order valence-electron chi connectivity index (χ1n) is 13.0. The van der Waals surface area contributed by atoms with Crippen LogP contribution in [-0.4, -0.2) is 33.9 Å². The predicted molar refractivity (Wildman–Crippen MR) is 137 cm³/mol. The summed E-state index contributed by atoms with van der Waals surface area (Å²) in [7, 11) is 0. The number of nitrogens with one attached hydrogen (secondary N) is 1. The maximum absolute atomic E-state index is 14.1. The number of halogens is 3. The monoisotopic (exact) mass is 539 g/mol. The summed E-state index contributed by atoms with van der Waals surface area (Å²) in [5.41, 5.74) is -0.790. The number of fused-ring (bicyclic) bond motifs is 4. The van der Waals surface area contributed by atoms with Crippen LogP contribution < -0.4 is 15.5 Å². The first kappa shape index (κ1) is 26.5. The quantitative estimate of drug-likeness (QED) is 0.471. The summed E-state index contributed by atoms with van der Waals surface area (Å²) in [4.78, 5) is 42.3. The zero-order chi connectivity index (χ0) is 27.7. The Morgan fingerprint density at radius 3 is 2.49 bits per heavy atom. The van der Waals surface area contributed by atoms with Gasteiger partial charge in [-0.3, -0.25) is 14.4 Å². The SMILES string of the molecule is CC[C@@H]1CCC[C@H]2CN1C(=O)c1c(OCc3ccccc3)c(=O)c(C(=O)NCc3c(F)cc(F)cc3F)cn12. The highest BCUT2D eigenvalue weighted by molar-refractivity contribution is 5.99. The third-order valence-electron chi connectivity index (χ3n) is 7.45. The normalized spacial score (nSPS) is 18.4. The van der Waals surface area contributed by atoms with E-state index >= 15 is 0 Å². The summed E-state index contributed by atoms with van der Waals surface area (Å²) in [6.45, 7) is 1.85. The summed E-state index contributed by atoms with van der Waals surface area (Å²) in [5, 5.41) is 2.35. The fraction of sp³-hybridized carbons (Fsp3) is 0.345. The first-order chi connectivity index (χ1) is 18.8. The van der Waals surface area contributed by atoms with Gasteiger partial charge in [0.15, 0.2) is 11.4 Å². The first-order valence-corrected chi connectivity index (χ1v) is 13.0. The van der Waals surface area contributed by atoms with Gasteiger partial charge in [0, 0.05) is 43.0 Å². The van der Waals surface area contributed by atoms with Crippen molar-refractivity contribution in [2.45, 2.75) is 57.8 Å². The molecule has 0 unspecified atom stereocenters. The Balaban J connectivity index is 1.54. The van der Waals surface area contributed by atoms with E-state index < -0.39 is 40.9 Å². The molecular weight excluding hydrogens is 511 g/mol. The number of benzene rings is 2. The lowest BCUT2D eigenvalue weighted by Crippen LogP contribution is -2.48. The number of nitrogens with zero attached hydrogens (tertiary/aromatic N) is 2. The van der Waals surface area contributed by atoms with Crippen LogP contribution in [0.15, 0.2) is 53.5 Å². The molecule has 3 heterocycles. The van der Waals surface area contributed by atoms with Crippen molar-refractivity contribution in [1.29, 1.82) is 0 Å². The largest absolute Gasteiger partial charge is 0.483 e. The van der Waals surface area contributed by atoms with Crippen LogP contribution in [0.25, 0.3) is 0 Å². The van der Waals surface area contributed by atoms with Crippen LogP contribution in [0.4, 0.5) is 13.2 Å². The number of amides is 2. The Labute approximate surface area is 223 Å². The summed E-state index contributed by atoms with van der Waals surface area (Å²) >= 11 is 0. The smallest absolute Gasteiger partial charge is 0.274 e. The highest BCUT2D eigenvalue weighted by atomic mass is 19.1. The second-order valence-corrected chi connectivity index (χ2v) is 9.87. The second-order valence-electron chi connectivity index (χ2n) is 9.87. The van der Waals surface area contributed by atoms with E-state index in [9.17, 15) is 27.6 Å². The van der Waals surface area contributed by atoms with Gasteiger partial charge in [0.05, 0.1) is 6.04 Å². The molecule has 0 saturated carbocycles. The van der Waals surface area contributed by atoms with Gasteiger partial charge in [-0.25, -0.2) is 13.2 Å². The Kier molecular flexibility index (Phi) is 7.45. The second kappa shape index (κ2) is 11.0. The molecule has 1 fully saturated rings. The van der Waals surface area contributed by atoms with Crippen molar-refractivity contribution in [2.75, 3.05) is 6.54 Å². The molecule has 0 radical (unpaired) electrons. The van der Waals surface area contributed by atoms with Crippen LogP contribution in [-0.2, 0) is 13.2 Å². The lowest BCUT2D eigenvalue weighted by molar-refractivity contribution is 0.0579. The average Bonchev–Trinajstić information content (AvgIpc) is 3.11. The fourth-order valence-corrected chi connectivity index (χ4v) is 5.38. The Morgan fingerprint density at radius 1 is 1.08 bits per heavy atom. The van der Waals surface area contributed by atoms with Gasteiger partial charge in [0.2, 0.25) is 5.43 Å². The predicted octanol–water partition coefficient (Wildman–Crippen LogP) is 4.73. The molecule has 1 N–H and O–H groups in total. The summed E-state index contributed by atoms with van der Waals surface area (Å²) < 4.78 is 49.1. The van der Waals surface area contributed by atoms with Crippen molar-refractivity contribution < 1.29 is 27.5 Å². The number of hydrogen-bond donors (Lipinski definition) is 1. The van der Waals surface area contributed by atoms with Gasteiger partial charge in [0.25, 0.3) is 11.8 Å². The Morgan fingerprint density at radius 2 is 1.79 bits per heavy atom. The third-order valence-corrected chi connectivity index (χ3v) is 7.45. The highest BCUT2D eigenvalue weighted by Gasteiger charge is 2.40. The van der Waals surface area contributed by atoms with Crippen LogP contribution in [0, 0.1) is 17.5 Å². The van der Waals surface area contributed by atoms with Crippen molar-refractivity contribution in [3.8, 4) is 5.75 Å². The van der Waals surface area contributed by atoms with Gasteiger partial charge < -0.3 is 19.5 Å². The minimum Gasteiger partial charge on any atom is -0.483 e. The fourth-order valence-electron chi connectivity index (χ4n) is 5.38. The molecule has 2 aromatic carbocycles. The number of carbonyl (C=O) groups is 2. The Hall–Kier alpha value is -4.08.